The summed E-state index contributed by atoms with van der Waals surface area (Å²) in [7, 11) is 0. The smallest absolute Gasteiger partial charge is 0.328 e. The molecule has 0 aromatic carbocycles. The number of piperidine rings is 1. The highest BCUT2D eigenvalue weighted by molar-refractivity contribution is 5.81. The van der Waals surface area contributed by atoms with E-state index in [1.54, 1.807) is 11.5 Å². The minimum Gasteiger partial charge on any atom is -0.382 e. The lowest BCUT2D eigenvalue weighted by Gasteiger charge is -2.31. The number of H-pyrrole nitrogens is 1. The van der Waals surface area contributed by atoms with Crippen molar-refractivity contribution in [3.63, 3.8) is 0 Å². The Kier molecular flexibility index (Phi) is 5.13. The van der Waals surface area contributed by atoms with Crippen LogP contribution >= 0.6 is 0 Å². The molecule has 3 aromatic rings. The van der Waals surface area contributed by atoms with E-state index in [9.17, 15) is 4.79 Å². The van der Waals surface area contributed by atoms with Crippen LogP contribution in [0.25, 0.3) is 11.2 Å². The van der Waals surface area contributed by atoms with Gasteiger partial charge in [-0.15, -0.1) is 0 Å². The maximum atomic E-state index is 12.3. The van der Waals surface area contributed by atoms with Crippen molar-refractivity contribution in [1.82, 2.24) is 29.4 Å². The first-order valence-corrected chi connectivity index (χ1v) is 9.92. The third-order valence-electron chi connectivity index (χ3n) is 5.66. The maximum absolute atomic E-state index is 12.3. The molecular weight excluding hydrogens is 354 g/mol. The molecule has 0 radical (unpaired) electrons. The normalized spacial score (nSPS) is 16.1. The second kappa shape index (κ2) is 7.71. The minimum absolute atomic E-state index is 0.246. The van der Waals surface area contributed by atoms with Gasteiger partial charge in [-0.25, -0.2) is 14.8 Å². The summed E-state index contributed by atoms with van der Waals surface area (Å²) in [5.41, 5.74) is 8.68. The largest absolute Gasteiger partial charge is 0.382 e. The van der Waals surface area contributed by atoms with Crippen LogP contribution in [0, 0.1) is 12.8 Å². The van der Waals surface area contributed by atoms with Gasteiger partial charge in [-0.1, -0.05) is 19.4 Å². The number of pyridine rings is 1. The molecule has 1 saturated heterocycles. The Morgan fingerprint density at radius 2 is 2.00 bits per heavy atom. The maximum Gasteiger partial charge on any atom is 0.328 e. The molecule has 0 unspecified atom stereocenters. The summed E-state index contributed by atoms with van der Waals surface area (Å²) < 4.78 is 1.58. The summed E-state index contributed by atoms with van der Waals surface area (Å²) in [5.74, 6) is 1.71. The number of nitrogen functional groups attached to an aromatic ring is 1. The standard InChI is InChI=1S/C20H27N7O/c1-3-14-6-8-26(9-7-14)12-16-5-4-15(10-22-16)11-27-19-17(25-20(27)28)18(21)23-13(2)24-19/h4-5,10,14H,3,6-9,11-12H2,1-2H3,(H,25,28)(H2,21,23,24). The number of aromatic nitrogens is 5. The molecule has 4 rings (SSSR count). The van der Waals surface area contributed by atoms with Gasteiger partial charge in [0, 0.05) is 12.7 Å². The number of aromatic amines is 1. The van der Waals surface area contributed by atoms with Gasteiger partial charge in [-0.2, -0.15) is 0 Å². The second-order valence-electron chi connectivity index (χ2n) is 7.66. The SMILES string of the molecule is CCC1CCN(Cc2ccc(Cn3c(=O)[nH]c4c(N)nc(C)nc43)cn2)CC1. The van der Waals surface area contributed by atoms with E-state index in [4.69, 9.17) is 5.73 Å². The molecule has 148 valence electrons. The summed E-state index contributed by atoms with van der Waals surface area (Å²) in [6.45, 7) is 7.61. The molecule has 28 heavy (non-hydrogen) atoms. The minimum atomic E-state index is -0.246. The van der Waals surface area contributed by atoms with Gasteiger partial charge >= 0.3 is 5.69 Å². The Morgan fingerprint density at radius 1 is 1.21 bits per heavy atom. The molecule has 0 amide bonds. The Morgan fingerprint density at radius 3 is 2.68 bits per heavy atom. The summed E-state index contributed by atoms with van der Waals surface area (Å²) in [4.78, 5) is 30.7. The van der Waals surface area contributed by atoms with Gasteiger partial charge in [-0.3, -0.25) is 14.5 Å². The zero-order valence-corrected chi connectivity index (χ0v) is 16.5. The van der Waals surface area contributed by atoms with Crippen LogP contribution in [-0.2, 0) is 13.1 Å². The quantitative estimate of drug-likeness (QED) is 0.701. The van der Waals surface area contributed by atoms with E-state index in [1.807, 2.05) is 12.3 Å². The van der Waals surface area contributed by atoms with Gasteiger partial charge < -0.3 is 10.7 Å². The number of nitrogens with one attached hydrogen (secondary N) is 1. The van der Waals surface area contributed by atoms with E-state index in [2.05, 4.69) is 37.8 Å². The molecule has 0 aliphatic carbocycles. The van der Waals surface area contributed by atoms with Crippen molar-refractivity contribution in [2.24, 2.45) is 5.92 Å². The summed E-state index contributed by atoms with van der Waals surface area (Å²) in [6.07, 6.45) is 5.69. The Hall–Kier alpha value is -2.74. The predicted octanol–water partition coefficient (Wildman–Crippen LogP) is 2.08. The number of rotatable bonds is 5. The van der Waals surface area contributed by atoms with Crippen molar-refractivity contribution in [1.29, 1.82) is 0 Å². The zero-order valence-electron chi connectivity index (χ0n) is 16.5. The number of hydrogen-bond acceptors (Lipinski definition) is 6. The van der Waals surface area contributed by atoms with Gasteiger partial charge in [0.1, 0.15) is 11.3 Å². The molecule has 3 N–H and O–H groups in total. The fourth-order valence-corrected chi connectivity index (χ4v) is 3.92. The molecular formula is C20H27N7O. The van der Waals surface area contributed by atoms with Gasteiger partial charge in [0.05, 0.1) is 12.2 Å². The summed E-state index contributed by atoms with van der Waals surface area (Å²) >= 11 is 0. The predicted molar refractivity (Wildman–Crippen MR) is 109 cm³/mol. The number of likely N-dealkylation sites (tertiary alicyclic amines) is 1. The van der Waals surface area contributed by atoms with Crippen molar-refractivity contribution in [3.05, 3.63) is 45.9 Å². The van der Waals surface area contributed by atoms with Gasteiger partial charge in [0.25, 0.3) is 0 Å². The fourth-order valence-electron chi connectivity index (χ4n) is 3.92. The zero-order chi connectivity index (χ0) is 19.7. The first-order chi connectivity index (χ1) is 13.5. The van der Waals surface area contributed by atoms with Crippen LogP contribution in [0.15, 0.2) is 23.1 Å². The molecule has 0 atom stereocenters. The highest BCUT2D eigenvalue weighted by Gasteiger charge is 2.18. The van der Waals surface area contributed by atoms with Crippen LogP contribution in [0.2, 0.25) is 0 Å². The van der Waals surface area contributed by atoms with E-state index in [-0.39, 0.29) is 5.69 Å². The molecule has 8 nitrogen and oxygen atoms in total. The third-order valence-corrected chi connectivity index (χ3v) is 5.66. The van der Waals surface area contributed by atoms with Crippen LogP contribution in [0.1, 0.15) is 43.3 Å². The van der Waals surface area contributed by atoms with Crippen LogP contribution in [0.3, 0.4) is 0 Å². The third kappa shape index (κ3) is 3.77. The molecule has 3 aromatic heterocycles. The number of fused-ring (bicyclic) bond motifs is 1. The lowest BCUT2D eigenvalue weighted by Crippen LogP contribution is -2.33. The number of nitrogens with two attached hydrogens (primary N) is 1. The first-order valence-electron chi connectivity index (χ1n) is 9.92. The van der Waals surface area contributed by atoms with E-state index in [0.717, 1.165) is 36.8 Å². The molecule has 1 aliphatic heterocycles. The van der Waals surface area contributed by atoms with E-state index in [1.165, 1.54) is 19.3 Å². The average molecular weight is 381 g/mol. The van der Waals surface area contributed by atoms with Crippen molar-refractivity contribution in [3.8, 4) is 0 Å². The number of imidazole rings is 1. The van der Waals surface area contributed by atoms with Crippen LogP contribution in [0.5, 0.6) is 0 Å². The van der Waals surface area contributed by atoms with E-state index >= 15 is 0 Å². The Labute approximate surface area is 163 Å². The Bertz CT molecular complexity index is 1010. The van der Waals surface area contributed by atoms with E-state index in [0.29, 0.717) is 29.4 Å². The molecule has 1 fully saturated rings. The molecule has 1 aliphatic rings. The van der Waals surface area contributed by atoms with Crippen molar-refractivity contribution >= 4 is 17.0 Å². The number of hydrogen-bond donors (Lipinski definition) is 2. The average Bonchev–Trinajstić information content (AvgIpc) is 3.00. The van der Waals surface area contributed by atoms with Crippen molar-refractivity contribution in [2.45, 2.75) is 46.2 Å². The van der Waals surface area contributed by atoms with Gasteiger partial charge in [0.15, 0.2) is 11.5 Å². The summed E-state index contributed by atoms with van der Waals surface area (Å²) in [6, 6.07) is 4.08. The number of aryl methyl sites for hydroxylation is 1. The highest BCUT2D eigenvalue weighted by Crippen LogP contribution is 2.21. The number of anilines is 1. The fraction of sp³-hybridized carbons (Fsp3) is 0.500. The van der Waals surface area contributed by atoms with Gasteiger partial charge in [-0.05, 0) is 50.4 Å². The topological polar surface area (TPSA) is 106 Å². The van der Waals surface area contributed by atoms with E-state index < -0.39 is 0 Å². The Balaban J connectivity index is 1.47. The summed E-state index contributed by atoms with van der Waals surface area (Å²) in [5, 5.41) is 0. The highest BCUT2D eigenvalue weighted by atomic mass is 16.1. The van der Waals surface area contributed by atoms with Crippen molar-refractivity contribution in [2.75, 3.05) is 18.8 Å². The van der Waals surface area contributed by atoms with Crippen LogP contribution in [-0.4, -0.2) is 42.5 Å². The monoisotopic (exact) mass is 381 g/mol. The van der Waals surface area contributed by atoms with Crippen LogP contribution in [0.4, 0.5) is 5.82 Å². The molecule has 0 spiro atoms. The molecule has 0 bridgehead atoms. The van der Waals surface area contributed by atoms with Crippen LogP contribution < -0.4 is 11.4 Å². The lowest BCUT2D eigenvalue weighted by molar-refractivity contribution is 0.173. The molecule has 4 heterocycles. The lowest BCUT2D eigenvalue weighted by atomic mass is 9.94. The molecule has 0 saturated carbocycles. The van der Waals surface area contributed by atoms with Crippen molar-refractivity contribution < 1.29 is 0 Å². The second-order valence-corrected chi connectivity index (χ2v) is 7.66. The van der Waals surface area contributed by atoms with Gasteiger partial charge in [0.2, 0.25) is 0 Å². The first kappa shape index (κ1) is 18.6. The molecule has 8 heteroatoms. The number of nitrogens with zero attached hydrogens (tertiary/aromatic N) is 5.